The number of rotatable bonds is 4. The fourth-order valence-corrected chi connectivity index (χ4v) is 2.65. The quantitative estimate of drug-likeness (QED) is 0.867. The monoisotopic (exact) mass is 295 g/mol. The highest BCUT2D eigenvalue weighted by atomic mass is 16.4. The Bertz CT molecular complexity index is 526. The fraction of sp³-hybridized carbons (Fsp3) is 0.571. The molecule has 116 valence electrons. The van der Waals surface area contributed by atoms with E-state index in [2.05, 4.69) is 17.1 Å². The van der Waals surface area contributed by atoms with Gasteiger partial charge in [-0.1, -0.05) is 6.92 Å². The predicted octanol–water partition coefficient (Wildman–Crippen LogP) is 1.07. The summed E-state index contributed by atoms with van der Waals surface area (Å²) in [5.41, 5.74) is 0. The van der Waals surface area contributed by atoms with Gasteiger partial charge in [0.15, 0.2) is 0 Å². The van der Waals surface area contributed by atoms with E-state index in [1.165, 1.54) is 6.07 Å². The van der Waals surface area contributed by atoms with Crippen molar-refractivity contribution in [3.63, 3.8) is 0 Å². The van der Waals surface area contributed by atoms with Crippen molar-refractivity contribution in [2.75, 3.05) is 27.2 Å². The van der Waals surface area contributed by atoms with Gasteiger partial charge in [0, 0.05) is 19.1 Å². The molecule has 1 aliphatic rings. The molecule has 0 bridgehead atoms. The summed E-state index contributed by atoms with van der Waals surface area (Å²) >= 11 is 0. The van der Waals surface area contributed by atoms with Crippen LogP contribution in [0.25, 0.3) is 0 Å². The highest BCUT2D eigenvalue weighted by Crippen LogP contribution is 2.20. The van der Waals surface area contributed by atoms with E-state index in [0.29, 0.717) is 30.8 Å². The van der Waals surface area contributed by atoms with E-state index in [-0.39, 0.29) is 18.3 Å². The largest absolute Gasteiger partial charge is 0.475 e. The van der Waals surface area contributed by atoms with Gasteiger partial charge < -0.3 is 24.6 Å². The van der Waals surface area contributed by atoms with Crippen molar-refractivity contribution in [1.82, 2.24) is 15.1 Å². The van der Waals surface area contributed by atoms with Gasteiger partial charge in [-0.15, -0.1) is 0 Å². The van der Waals surface area contributed by atoms with E-state index in [0.717, 1.165) is 0 Å². The highest BCUT2D eigenvalue weighted by molar-refractivity contribution is 5.84. The first-order chi connectivity index (χ1) is 9.88. The van der Waals surface area contributed by atoms with Crippen molar-refractivity contribution in [3.8, 4) is 0 Å². The summed E-state index contributed by atoms with van der Waals surface area (Å²) in [4.78, 5) is 26.7. The fourth-order valence-electron chi connectivity index (χ4n) is 2.65. The number of hydrogen-bond acceptors (Lipinski definition) is 4. The second kappa shape index (κ2) is 6.17. The number of nitrogens with one attached hydrogen (secondary N) is 1. The van der Waals surface area contributed by atoms with Crippen LogP contribution in [0.5, 0.6) is 0 Å². The van der Waals surface area contributed by atoms with E-state index in [1.807, 2.05) is 14.1 Å². The van der Waals surface area contributed by atoms with Crippen LogP contribution in [-0.4, -0.2) is 60.1 Å². The van der Waals surface area contributed by atoms with E-state index < -0.39 is 5.97 Å². The summed E-state index contributed by atoms with van der Waals surface area (Å²) in [7, 11) is 4.03. The molecular weight excluding hydrogens is 274 g/mol. The molecule has 0 saturated carbocycles. The lowest BCUT2D eigenvalue weighted by molar-refractivity contribution is 0.0660. The number of carbonyl (C=O) groups is 2. The van der Waals surface area contributed by atoms with Crippen LogP contribution in [0.2, 0.25) is 0 Å². The van der Waals surface area contributed by atoms with Crippen molar-refractivity contribution < 1.29 is 19.1 Å². The van der Waals surface area contributed by atoms with E-state index in [1.54, 1.807) is 11.0 Å². The normalized spacial score (nSPS) is 21.8. The molecule has 2 unspecified atom stereocenters. The molecule has 2 rings (SSSR count). The van der Waals surface area contributed by atoms with E-state index in [4.69, 9.17) is 9.52 Å². The molecule has 1 fully saturated rings. The van der Waals surface area contributed by atoms with E-state index in [9.17, 15) is 9.59 Å². The molecule has 0 spiro atoms. The standard InChI is InChI=1S/C14H21N3O4/c1-9-7-17(8-11(9)16(2)3)14(20)15-6-10-4-5-12(21-10)13(18)19/h4-5,9,11H,6-8H2,1-3H3,(H,15,20)(H,18,19). The van der Waals surface area contributed by atoms with Crippen LogP contribution in [0.4, 0.5) is 4.79 Å². The average molecular weight is 295 g/mol. The van der Waals surface area contributed by atoms with Crippen LogP contribution in [0, 0.1) is 5.92 Å². The minimum absolute atomic E-state index is 0.123. The van der Waals surface area contributed by atoms with Crippen LogP contribution in [0.3, 0.4) is 0 Å². The van der Waals surface area contributed by atoms with Gasteiger partial charge in [0.25, 0.3) is 0 Å². The summed E-state index contributed by atoms with van der Waals surface area (Å²) in [5, 5.41) is 11.5. The second-order valence-corrected chi connectivity index (χ2v) is 5.64. The lowest BCUT2D eigenvalue weighted by atomic mass is 10.1. The summed E-state index contributed by atoms with van der Waals surface area (Å²) < 4.78 is 5.10. The molecule has 2 atom stereocenters. The Hall–Kier alpha value is -2.02. The molecule has 7 nitrogen and oxygen atoms in total. The number of urea groups is 1. The summed E-state index contributed by atoms with van der Waals surface area (Å²) in [6.07, 6.45) is 0. The van der Waals surface area contributed by atoms with Gasteiger partial charge in [0.2, 0.25) is 5.76 Å². The van der Waals surface area contributed by atoms with Crippen molar-refractivity contribution in [3.05, 3.63) is 23.7 Å². The van der Waals surface area contributed by atoms with Gasteiger partial charge in [-0.3, -0.25) is 0 Å². The number of hydrogen-bond donors (Lipinski definition) is 2. The molecule has 2 heterocycles. The molecule has 7 heteroatoms. The maximum absolute atomic E-state index is 12.1. The molecule has 1 aliphatic heterocycles. The molecule has 0 aliphatic carbocycles. The molecule has 2 N–H and O–H groups in total. The predicted molar refractivity (Wildman–Crippen MR) is 76.1 cm³/mol. The van der Waals surface area contributed by atoms with Gasteiger partial charge >= 0.3 is 12.0 Å². The van der Waals surface area contributed by atoms with Crippen LogP contribution >= 0.6 is 0 Å². The lowest BCUT2D eigenvalue weighted by Gasteiger charge is -2.22. The molecule has 0 aromatic carbocycles. The number of furan rings is 1. The zero-order chi connectivity index (χ0) is 15.6. The third-order valence-electron chi connectivity index (χ3n) is 3.81. The molecular formula is C14H21N3O4. The van der Waals surface area contributed by atoms with Crippen molar-refractivity contribution in [2.45, 2.75) is 19.5 Å². The zero-order valence-electron chi connectivity index (χ0n) is 12.5. The van der Waals surface area contributed by atoms with Gasteiger partial charge in [-0.2, -0.15) is 0 Å². The van der Waals surface area contributed by atoms with Gasteiger partial charge in [-0.25, -0.2) is 9.59 Å². The second-order valence-electron chi connectivity index (χ2n) is 5.64. The lowest BCUT2D eigenvalue weighted by Crippen LogP contribution is -2.40. The third-order valence-corrected chi connectivity index (χ3v) is 3.81. The molecule has 1 aromatic rings. The van der Waals surface area contributed by atoms with Crippen LogP contribution in [0.1, 0.15) is 23.2 Å². The Kier molecular flexibility index (Phi) is 4.52. The van der Waals surface area contributed by atoms with Crippen LogP contribution in [-0.2, 0) is 6.54 Å². The first-order valence-electron chi connectivity index (χ1n) is 6.89. The third kappa shape index (κ3) is 3.55. The van der Waals surface area contributed by atoms with Crippen molar-refractivity contribution in [2.24, 2.45) is 5.92 Å². The van der Waals surface area contributed by atoms with E-state index >= 15 is 0 Å². The summed E-state index contributed by atoms with van der Waals surface area (Å²) in [6, 6.07) is 3.14. The van der Waals surface area contributed by atoms with Gasteiger partial charge in [-0.05, 0) is 32.1 Å². The molecule has 2 amide bonds. The van der Waals surface area contributed by atoms with Gasteiger partial charge in [0.1, 0.15) is 5.76 Å². The number of carboxylic acid groups (broad SMARTS) is 1. The van der Waals surface area contributed by atoms with Crippen molar-refractivity contribution in [1.29, 1.82) is 0 Å². The molecule has 21 heavy (non-hydrogen) atoms. The Balaban J connectivity index is 1.86. The molecule has 1 saturated heterocycles. The number of carbonyl (C=O) groups excluding carboxylic acids is 1. The average Bonchev–Trinajstić information content (AvgIpc) is 3.02. The minimum Gasteiger partial charge on any atom is -0.475 e. The number of likely N-dealkylation sites (N-methyl/N-ethyl adjacent to an activating group) is 1. The number of carboxylic acids is 1. The number of likely N-dealkylation sites (tertiary alicyclic amines) is 1. The smallest absolute Gasteiger partial charge is 0.371 e. The minimum atomic E-state index is -1.12. The zero-order valence-corrected chi connectivity index (χ0v) is 12.5. The van der Waals surface area contributed by atoms with Crippen LogP contribution < -0.4 is 5.32 Å². The maximum atomic E-state index is 12.1. The van der Waals surface area contributed by atoms with Gasteiger partial charge in [0.05, 0.1) is 6.54 Å². The summed E-state index contributed by atoms with van der Waals surface area (Å²) in [5.74, 6) is -0.387. The first kappa shape index (κ1) is 15.4. The number of aromatic carboxylic acids is 1. The number of amides is 2. The number of nitrogens with zero attached hydrogens (tertiary/aromatic N) is 2. The molecule has 1 aromatic heterocycles. The first-order valence-corrected chi connectivity index (χ1v) is 6.89. The molecule has 0 radical (unpaired) electrons. The summed E-state index contributed by atoms with van der Waals surface area (Å²) in [6.45, 7) is 3.72. The topological polar surface area (TPSA) is 86.0 Å². The Morgan fingerprint density at radius 1 is 1.43 bits per heavy atom. The SMILES string of the molecule is CC1CN(C(=O)NCc2ccc(C(=O)O)o2)CC1N(C)C. The maximum Gasteiger partial charge on any atom is 0.371 e. The van der Waals surface area contributed by atoms with Crippen molar-refractivity contribution >= 4 is 12.0 Å². The Morgan fingerprint density at radius 2 is 2.14 bits per heavy atom. The van der Waals surface area contributed by atoms with Crippen LogP contribution in [0.15, 0.2) is 16.5 Å². The highest BCUT2D eigenvalue weighted by Gasteiger charge is 2.33. The Morgan fingerprint density at radius 3 is 2.67 bits per heavy atom. The Labute approximate surface area is 123 Å².